The third-order valence-electron chi connectivity index (χ3n) is 5.34. The van der Waals surface area contributed by atoms with E-state index in [1.54, 1.807) is 12.0 Å². The lowest BCUT2D eigenvalue weighted by molar-refractivity contribution is 0.0850. The summed E-state index contributed by atoms with van der Waals surface area (Å²) in [6, 6.07) is 15.4. The number of nitrogens with one attached hydrogen (secondary N) is 1. The fourth-order valence-corrected chi connectivity index (χ4v) is 3.58. The van der Waals surface area contributed by atoms with Crippen molar-refractivity contribution in [1.29, 1.82) is 0 Å². The number of ether oxygens (including phenoxy) is 2. The number of urea groups is 1. The van der Waals surface area contributed by atoms with Crippen molar-refractivity contribution < 1.29 is 18.8 Å². The predicted molar refractivity (Wildman–Crippen MR) is 115 cm³/mol. The number of aromatic nitrogens is 2. The van der Waals surface area contributed by atoms with Gasteiger partial charge in [0.25, 0.3) is 5.89 Å². The molecule has 4 rings (SSSR count). The van der Waals surface area contributed by atoms with Gasteiger partial charge in [-0.15, -0.1) is 0 Å². The third-order valence-corrected chi connectivity index (χ3v) is 5.34. The summed E-state index contributed by atoms with van der Waals surface area (Å²) in [7, 11) is 1.62. The highest BCUT2D eigenvalue weighted by atomic mass is 16.5. The van der Waals surface area contributed by atoms with Crippen LogP contribution in [0, 0.1) is 6.92 Å². The number of nitrogens with zero attached hydrogens (tertiary/aromatic N) is 3. The molecule has 8 heteroatoms. The molecule has 2 heterocycles. The van der Waals surface area contributed by atoms with Gasteiger partial charge in [0.1, 0.15) is 12.4 Å². The molecule has 3 aromatic rings. The maximum absolute atomic E-state index is 12.7. The second-order valence-corrected chi connectivity index (χ2v) is 7.57. The molecular formula is C23H26N4O4. The molecule has 31 heavy (non-hydrogen) atoms. The minimum Gasteiger partial charge on any atom is -0.497 e. The Morgan fingerprint density at radius 2 is 2.06 bits per heavy atom. The van der Waals surface area contributed by atoms with E-state index >= 15 is 0 Å². The number of hydrogen-bond donors (Lipinski definition) is 1. The van der Waals surface area contributed by atoms with Crippen LogP contribution in [0.15, 0.2) is 53.1 Å². The van der Waals surface area contributed by atoms with E-state index < -0.39 is 0 Å². The maximum atomic E-state index is 12.7. The molecule has 0 bridgehead atoms. The SMILES string of the molecule is COc1ccc(NC(=O)N2CCC(c3noc(COCc4ccccc4)n3)C2)c(C)c1. The number of amides is 2. The number of methoxy groups -OCH3 is 1. The summed E-state index contributed by atoms with van der Waals surface area (Å²) in [5, 5.41) is 7.07. The Kier molecular flexibility index (Phi) is 6.47. The van der Waals surface area contributed by atoms with E-state index in [1.165, 1.54) is 0 Å². The summed E-state index contributed by atoms with van der Waals surface area (Å²) in [6.07, 6.45) is 0.791. The minimum absolute atomic E-state index is 0.0503. The van der Waals surface area contributed by atoms with Crippen LogP contribution < -0.4 is 10.1 Å². The van der Waals surface area contributed by atoms with Crippen molar-refractivity contribution in [2.24, 2.45) is 0 Å². The molecule has 162 valence electrons. The normalized spacial score (nSPS) is 15.8. The molecule has 1 N–H and O–H groups in total. The Bertz CT molecular complexity index is 1020. The molecule has 8 nitrogen and oxygen atoms in total. The number of benzene rings is 2. The molecule has 2 aromatic carbocycles. The zero-order valence-corrected chi connectivity index (χ0v) is 17.7. The highest BCUT2D eigenvalue weighted by Crippen LogP contribution is 2.27. The number of likely N-dealkylation sites (tertiary alicyclic amines) is 1. The van der Waals surface area contributed by atoms with Crippen LogP contribution >= 0.6 is 0 Å². The Labute approximate surface area is 181 Å². The molecular weight excluding hydrogens is 396 g/mol. The smallest absolute Gasteiger partial charge is 0.321 e. The van der Waals surface area contributed by atoms with Crippen molar-refractivity contribution in [3.05, 3.63) is 71.4 Å². The molecule has 1 aliphatic heterocycles. The first kappa shape index (κ1) is 20.9. The highest BCUT2D eigenvalue weighted by molar-refractivity contribution is 5.90. The lowest BCUT2D eigenvalue weighted by Gasteiger charge is -2.18. The van der Waals surface area contributed by atoms with E-state index in [0.29, 0.717) is 31.4 Å². The third kappa shape index (κ3) is 5.21. The minimum atomic E-state index is -0.134. The first-order valence-electron chi connectivity index (χ1n) is 10.3. The highest BCUT2D eigenvalue weighted by Gasteiger charge is 2.30. The number of aryl methyl sites for hydroxylation is 1. The molecule has 2 amide bonds. The van der Waals surface area contributed by atoms with Gasteiger partial charge in [0, 0.05) is 24.7 Å². The monoisotopic (exact) mass is 422 g/mol. The van der Waals surface area contributed by atoms with Crippen LogP contribution in [0.1, 0.15) is 35.2 Å². The van der Waals surface area contributed by atoms with E-state index in [2.05, 4.69) is 15.5 Å². The van der Waals surface area contributed by atoms with Crippen LogP contribution in [0.2, 0.25) is 0 Å². The van der Waals surface area contributed by atoms with E-state index in [9.17, 15) is 4.79 Å². The molecule has 1 unspecified atom stereocenters. The first-order chi connectivity index (χ1) is 15.1. The quantitative estimate of drug-likeness (QED) is 0.616. The van der Waals surface area contributed by atoms with Gasteiger partial charge in [0.2, 0.25) is 0 Å². The maximum Gasteiger partial charge on any atom is 0.321 e. The Hall–Kier alpha value is -3.39. The Morgan fingerprint density at radius 3 is 2.84 bits per heavy atom. The fourth-order valence-electron chi connectivity index (χ4n) is 3.58. The van der Waals surface area contributed by atoms with Crippen LogP contribution in [-0.4, -0.2) is 41.3 Å². The number of anilines is 1. The number of carbonyl (C=O) groups is 1. The van der Waals surface area contributed by atoms with Crippen molar-refractivity contribution in [3.8, 4) is 5.75 Å². The standard InChI is InChI=1S/C23H26N4O4/c1-16-12-19(29-2)8-9-20(16)24-23(28)27-11-10-18(13-27)22-25-21(31-26-22)15-30-14-17-6-4-3-5-7-17/h3-9,12,18H,10-11,13-15H2,1-2H3,(H,24,28). The van der Waals surface area contributed by atoms with E-state index in [4.69, 9.17) is 14.0 Å². The topological polar surface area (TPSA) is 89.7 Å². The average molecular weight is 422 g/mol. The van der Waals surface area contributed by atoms with E-state index in [-0.39, 0.29) is 18.6 Å². The summed E-state index contributed by atoms with van der Waals surface area (Å²) in [5.74, 6) is 1.88. The Balaban J connectivity index is 1.28. The van der Waals surface area contributed by atoms with E-state index in [1.807, 2.05) is 55.5 Å². The van der Waals surface area contributed by atoms with Gasteiger partial charge in [-0.05, 0) is 42.7 Å². The zero-order chi connectivity index (χ0) is 21.6. The largest absolute Gasteiger partial charge is 0.497 e. The van der Waals surface area contributed by atoms with Crippen molar-refractivity contribution in [1.82, 2.24) is 15.0 Å². The first-order valence-corrected chi connectivity index (χ1v) is 10.3. The van der Waals surface area contributed by atoms with E-state index in [0.717, 1.165) is 29.0 Å². The zero-order valence-electron chi connectivity index (χ0n) is 17.7. The van der Waals surface area contributed by atoms with Crippen LogP contribution in [0.5, 0.6) is 5.75 Å². The van der Waals surface area contributed by atoms with Gasteiger partial charge in [-0.3, -0.25) is 0 Å². The van der Waals surface area contributed by atoms with Gasteiger partial charge >= 0.3 is 6.03 Å². The molecule has 0 spiro atoms. The van der Waals surface area contributed by atoms with Crippen molar-refractivity contribution in [2.45, 2.75) is 32.5 Å². The lowest BCUT2D eigenvalue weighted by atomic mass is 10.1. The molecule has 0 radical (unpaired) electrons. The number of rotatable bonds is 7. The van der Waals surface area contributed by atoms with Crippen molar-refractivity contribution >= 4 is 11.7 Å². The number of hydrogen-bond acceptors (Lipinski definition) is 6. The Morgan fingerprint density at radius 1 is 1.23 bits per heavy atom. The van der Waals surface area contributed by atoms with Gasteiger partial charge in [-0.25, -0.2) is 4.79 Å². The second kappa shape index (κ2) is 9.61. The van der Waals surface area contributed by atoms with Gasteiger partial charge < -0.3 is 24.2 Å². The molecule has 1 aromatic heterocycles. The summed E-state index contributed by atoms with van der Waals surface area (Å²) < 4.78 is 16.2. The summed E-state index contributed by atoms with van der Waals surface area (Å²) in [4.78, 5) is 18.9. The molecule has 1 fully saturated rings. The summed E-state index contributed by atoms with van der Waals surface area (Å²) in [5.41, 5.74) is 2.81. The second-order valence-electron chi connectivity index (χ2n) is 7.57. The van der Waals surface area contributed by atoms with Gasteiger partial charge in [0.05, 0.1) is 13.7 Å². The van der Waals surface area contributed by atoms with Crippen LogP contribution in [0.4, 0.5) is 10.5 Å². The lowest BCUT2D eigenvalue weighted by Crippen LogP contribution is -2.33. The van der Waals surface area contributed by atoms with Crippen LogP contribution in [0.3, 0.4) is 0 Å². The molecule has 1 aliphatic rings. The fraction of sp³-hybridized carbons (Fsp3) is 0.348. The molecule has 0 saturated carbocycles. The summed E-state index contributed by atoms with van der Waals surface area (Å²) >= 11 is 0. The van der Waals surface area contributed by atoms with Gasteiger partial charge in [-0.1, -0.05) is 35.5 Å². The molecule has 0 aliphatic carbocycles. The van der Waals surface area contributed by atoms with Crippen molar-refractivity contribution in [2.75, 3.05) is 25.5 Å². The van der Waals surface area contributed by atoms with Gasteiger partial charge in [0.15, 0.2) is 5.82 Å². The summed E-state index contributed by atoms with van der Waals surface area (Å²) in [6.45, 7) is 3.87. The predicted octanol–water partition coefficient (Wildman–Crippen LogP) is 4.12. The molecule has 1 atom stereocenters. The van der Waals surface area contributed by atoms with Crippen LogP contribution in [0.25, 0.3) is 0 Å². The van der Waals surface area contributed by atoms with Gasteiger partial charge in [-0.2, -0.15) is 4.98 Å². The van der Waals surface area contributed by atoms with Crippen LogP contribution in [-0.2, 0) is 18.0 Å². The molecule has 1 saturated heterocycles. The number of carbonyl (C=O) groups excluding carboxylic acids is 1. The average Bonchev–Trinajstić information content (AvgIpc) is 3.46. The van der Waals surface area contributed by atoms with Crippen molar-refractivity contribution in [3.63, 3.8) is 0 Å².